The number of amides is 1. The first kappa shape index (κ1) is 13.9. The maximum atomic E-state index is 12.8. The van der Waals surface area contributed by atoms with Gasteiger partial charge in [-0.2, -0.15) is 0 Å². The molecule has 4 rings (SSSR count). The Morgan fingerprint density at radius 3 is 2.96 bits per heavy atom. The standard InChI is InChI=1S/C19H18N2O2/c1-23-17-8-4-6-15-19(17)14(12-20-15)11-18(22)21-10-9-13-5-2-3-7-16(13)21/h2-8,12,20H,9-11H2,1H3. The van der Waals surface area contributed by atoms with Gasteiger partial charge in [-0.1, -0.05) is 24.3 Å². The molecule has 3 aromatic rings. The molecule has 0 radical (unpaired) electrons. The van der Waals surface area contributed by atoms with Crippen LogP contribution in [0.1, 0.15) is 11.1 Å². The first-order valence-corrected chi connectivity index (χ1v) is 7.79. The molecule has 2 aromatic carbocycles. The molecular weight excluding hydrogens is 288 g/mol. The molecule has 1 N–H and O–H groups in total. The van der Waals surface area contributed by atoms with Gasteiger partial charge in [-0.3, -0.25) is 4.79 Å². The summed E-state index contributed by atoms with van der Waals surface area (Å²) in [6.07, 6.45) is 3.21. The molecule has 1 aliphatic rings. The highest BCUT2D eigenvalue weighted by Crippen LogP contribution is 2.31. The second-order valence-electron chi connectivity index (χ2n) is 5.80. The third-order valence-corrected chi connectivity index (χ3v) is 4.50. The maximum absolute atomic E-state index is 12.8. The Bertz CT molecular complexity index is 882. The summed E-state index contributed by atoms with van der Waals surface area (Å²) in [7, 11) is 1.66. The summed E-state index contributed by atoms with van der Waals surface area (Å²) in [5.41, 5.74) is 4.27. The number of fused-ring (bicyclic) bond motifs is 2. The number of ether oxygens (including phenoxy) is 1. The first-order chi connectivity index (χ1) is 11.3. The predicted octanol–water partition coefficient (Wildman–Crippen LogP) is 3.31. The monoisotopic (exact) mass is 306 g/mol. The lowest BCUT2D eigenvalue weighted by atomic mass is 10.1. The Kier molecular flexibility index (Phi) is 3.30. The van der Waals surface area contributed by atoms with Gasteiger partial charge < -0.3 is 14.6 Å². The summed E-state index contributed by atoms with van der Waals surface area (Å²) < 4.78 is 5.44. The number of H-pyrrole nitrogens is 1. The molecule has 0 unspecified atom stereocenters. The van der Waals surface area contributed by atoms with E-state index < -0.39 is 0 Å². The molecule has 116 valence electrons. The largest absolute Gasteiger partial charge is 0.496 e. The maximum Gasteiger partial charge on any atom is 0.231 e. The van der Waals surface area contributed by atoms with E-state index in [1.165, 1.54) is 5.56 Å². The number of hydrogen-bond donors (Lipinski definition) is 1. The first-order valence-electron chi connectivity index (χ1n) is 7.79. The normalized spacial score (nSPS) is 13.3. The molecule has 0 saturated carbocycles. The molecule has 1 amide bonds. The molecule has 0 aliphatic carbocycles. The summed E-state index contributed by atoms with van der Waals surface area (Å²) in [6.45, 7) is 0.762. The molecule has 0 saturated heterocycles. The number of methoxy groups -OCH3 is 1. The van der Waals surface area contributed by atoms with Crippen LogP contribution in [0.3, 0.4) is 0 Å². The lowest BCUT2D eigenvalue weighted by Gasteiger charge is -2.17. The number of nitrogens with zero attached hydrogens (tertiary/aromatic N) is 1. The zero-order valence-electron chi connectivity index (χ0n) is 13.0. The van der Waals surface area contributed by atoms with Crippen molar-refractivity contribution in [2.75, 3.05) is 18.6 Å². The molecule has 4 nitrogen and oxygen atoms in total. The van der Waals surface area contributed by atoms with Gasteiger partial charge in [-0.25, -0.2) is 0 Å². The average Bonchev–Trinajstić information content (AvgIpc) is 3.19. The minimum Gasteiger partial charge on any atom is -0.496 e. The lowest BCUT2D eigenvalue weighted by molar-refractivity contribution is -0.117. The molecule has 1 aliphatic heterocycles. The molecule has 0 fully saturated rings. The second kappa shape index (κ2) is 5.47. The van der Waals surface area contributed by atoms with Crippen LogP contribution < -0.4 is 9.64 Å². The zero-order valence-corrected chi connectivity index (χ0v) is 13.0. The van der Waals surface area contributed by atoms with Gasteiger partial charge in [0.1, 0.15) is 5.75 Å². The highest BCUT2D eigenvalue weighted by molar-refractivity contribution is 6.00. The van der Waals surface area contributed by atoms with E-state index in [-0.39, 0.29) is 5.91 Å². The minimum absolute atomic E-state index is 0.127. The van der Waals surface area contributed by atoms with Gasteiger partial charge in [-0.15, -0.1) is 0 Å². The van der Waals surface area contributed by atoms with Crippen molar-refractivity contribution in [2.24, 2.45) is 0 Å². The molecular formula is C19H18N2O2. The van der Waals surface area contributed by atoms with Crippen LogP contribution in [0.2, 0.25) is 0 Å². The van der Waals surface area contributed by atoms with Gasteiger partial charge in [-0.05, 0) is 35.7 Å². The number of hydrogen-bond acceptors (Lipinski definition) is 2. The molecule has 1 aromatic heterocycles. The second-order valence-corrected chi connectivity index (χ2v) is 5.80. The van der Waals surface area contributed by atoms with Crippen LogP contribution in [0.5, 0.6) is 5.75 Å². The Morgan fingerprint density at radius 1 is 1.22 bits per heavy atom. The van der Waals surface area contributed by atoms with E-state index >= 15 is 0 Å². The van der Waals surface area contributed by atoms with Crippen molar-refractivity contribution in [2.45, 2.75) is 12.8 Å². The fourth-order valence-electron chi connectivity index (χ4n) is 3.38. The van der Waals surface area contributed by atoms with Crippen molar-refractivity contribution in [1.82, 2.24) is 4.98 Å². The summed E-state index contributed by atoms with van der Waals surface area (Å²) in [5.74, 6) is 0.926. The summed E-state index contributed by atoms with van der Waals surface area (Å²) in [5, 5.41) is 0.996. The number of carbonyl (C=O) groups excluding carboxylic acids is 1. The van der Waals surface area contributed by atoms with Crippen LogP contribution in [0, 0.1) is 0 Å². The van der Waals surface area contributed by atoms with Crippen LogP contribution in [0.15, 0.2) is 48.7 Å². The van der Waals surface area contributed by atoms with Crippen LogP contribution in [-0.2, 0) is 17.6 Å². The topological polar surface area (TPSA) is 45.3 Å². The third-order valence-electron chi connectivity index (χ3n) is 4.50. The smallest absolute Gasteiger partial charge is 0.231 e. The number of nitrogens with one attached hydrogen (secondary N) is 1. The van der Waals surface area contributed by atoms with E-state index in [1.54, 1.807) is 7.11 Å². The van der Waals surface area contributed by atoms with E-state index in [4.69, 9.17) is 4.74 Å². The molecule has 2 heterocycles. The fourth-order valence-corrected chi connectivity index (χ4v) is 3.38. The Labute approximate surface area is 134 Å². The van der Waals surface area contributed by atoms with Crippen LogP contribution in [0.25, 0.3) is 10.9 Å². The van der Waals surface area contributed by atoms with Gasteiger partial charge in [0, 0.05) is 29.3 Å². The van der Waals surface area contributed by atoms with Crippen molar-refractivity contribution in [3.63, 3.8) is 0 Å². The van der Waals surface area contributed by atoms with Gasteiger partial charge in [0.05, 0.1) is 13.5 Å². The number of rotatable bonds is 3. The third kappa shape index (κ3) is 2.27. The minimum atomic E-state index is 0.127. The van der Waals surface area contributed by atoms with Crippen molar-refractivity contribution in [3.05, 3.63) is 59.8 Å². The highest BCUT2D eigenvalue weighted by Gasteiger charge is 2.25. The summed E-state index contributed by atoms with van der Waals surface area (Å²) in [4.78, 5) is 17.9. The quantitative estimate of drug-likeness (QED) is 0.807. The zero-order chi connectivity index (χ0) is 15.8. The molecule has 0 bridgehead atoms. The lowest BCUT2D eigenvalue weighted by Crippen LogP contribution is -2.30. The number of anilines is 1. The molecule has 4 heteroatoms. The van der Waals surface area contributed by atoms with Crippen molar-refractivity contribution in [1.29, 1.82) is 0 Å². The Balaban J connectivity index is 1.66. The van der Waals surface area contributed by atoms with E-state index in [2.05, 4.69) is 11.1 Å². The molecule has 0 spiro atoms. The van der Waals surface area contributed by atoms with Gasteiger partial charge in [0.15, 0.2) is 0 Å². The van der Waals surface area contributed by atoms with Crippen molar-refractivity contribution < 1.29 is 9.53 Å². The summed E-state index contributed by atoms with van der Waals surface area (Å²) in [6, 6.07) is 14.0. The summed E-state index contributed by atoms with van der Waals surface area (Å²) >= 11 is 0. The number of para-hydroxylation sites is 1. The van der Waals surface area contributed by atoms with E-state index in [1.807, 2.05) is 47.5 Å². The Hall–Kier alpha value is -2.75. The Morgan fingerprint density at radius 2 is 2.09 bits per heavy atom. The molecule has 0 atom stereocenters. The molecule has 23 heavy (non-hydrogen) atoms. The number of carbonyl (C=O) groups is 1. The SMILES string of the molecule is COc1cccc2[nH]cc(CC(=O)N3CCc4ccccc43)c12. The van der Waals surface area contributed by atoms with Gasteiger partial charge in [0.2, 0.25) is 5.91 Å². The van der Waals surface area contributed by atoms with Crippen LogP contribution in [0.4, 0.5) is 5.69 Å². The fraction of sp³-hybridized carbons (Fsp3) is 0.211. The van der Waals surface area contributed by atoms with E-state index in [0.29, 0.717) is 6.42 Å². The van der Waals surface area contributed by atoms with E-state index in [9.17, 15) is 4.79 Å². The number of benzene rings is 2. The van der Waals surface area contributed by atoms with Crippen LogP contribution in [-0.4, -0.2) is 24.5 Å². The van der Waals surface area contributed by atoms with Crippen LogP contribution >= 0.6 is 0 Å². The van der Waals surface area contributed by atoms with Gasteiger partial charge >= 0.3 is 0 Å². The highest BCUT2D eigenvalue weighted by atomic mass is 16.5. The number of aromatic nitrogens is 1. The predicted molar refractivity (Wildman–Crippen MR) is 91.1 cm³/mol. The van der Waals surface area contributed by atoms with E-state index in [0.717, 1.165) is 40.9 Å². The van der Waals surface area contributed by atoms with Gasteiger partial charge in [0.25, 0.3) is 0 Å². The van der Waals surface area contributed by atoms with Crippen molar-refractivity contribution in [3.8, 4) is 5.75 Å². The number of aromatic amines is 1. The average molecular weight is 306 g/mol. The van der Waals surface area contributed by atoms with Crippen molar-refractivity contribution >= 4 is 22.5 Å².